The first-order chi connectivity index (χ1) is 3.50. The topological polar surface area (TPSA) is 27.7 Å². The van der Waals surface area contributed by atoms with E-state index in [1.54, 1.807) is 0 Å². The number of hydrogen-bond donors (Lipinski definition) is 0. The van der Waals surface area contributed by atoms with E-state index >= 15 is 0 Å². The molecule has 40 valence electrons. The van der Waals surface area contributed by atoms with Crippen molar-refractivity contribution in [2.24, 2.45) is 0 Å². The summed E-state index contributed by atoms with van der Waals surface area (Å²) in [5.41, 5.74) is 0. The summed E-state index contributed by atoms with van der Waals surface area (Å²) in [5, 5.41) is 4.11. The smallest absolute Gasteiger partial charge is 0.128 e. The van der Waals surface area contributed by atoms with E-state index in [9.17, 15) is 0 Å². The van der Waals surface area contributed by atoms with Gasteiger partial charge in [0.25, 0.3) is 0 Å². The molecule has 1 rings (SSSR count). The largest absolute Gasteiger partial charge is 0.317 e. The number of rotatable bonds is 0. The van der Waals surface area contributed by atoms with Crippen LogP contribution in [-0.2, 0) is 14.8 Å². The average Bonchev–Trinajstić information content (AvgIpc) is 1.90. The van der Waals surface area contributed by atoms with E-state index in [0.29, 0.717) is 6.61 Å². The van der Waals surface area contributed by atoms with Crippen LogP contribution in [0.25, 0.3) is 0 Å². The quantitative estimate of drug-likeness (QED) is 0.423. The third-order valence-corrected chi connectivity index (χ3v) is 0.607. The lowest BCUT2D eigenvalue weighted by atomic mass is 10.5. The summed E-state index contributed by atoms with van der Waals surface area (Å²) in [6.07, 6.45) is 4.12. The Morgan fingerprint density at radius 2 is 2.43 bits per heavy atom. The molecule has 0 saturated carbocycles. The van der Waals surface area contributed by atoms with Gasteiger partial charge in [0, 0.05) is 0 Å². The van der Waals surface area contributed by atoms with Gasteiger partial charge in [0.15, 0.2) is 0 Å². The summed E-state index contributed by atoms with van der Waals surface area (Å²) >= 11 is 0. The van der Waals surface area contributed by atoms with E-state index in [1.165, 1.54) is 6.26 Å². The standard InChI is InChI=1S/C4H6O3/c1-2-4-6-7-5-3-1/h1,3H,2,4H2. The summed E-state index contributed by atoms with van der Waals surface area (Å²) in [6.45, 7) is 0.566. The van der Waals surface area contributed by atoms with Gasteiger partial charge in [-0.3, -0.25) is 0 Å². The van der Waals surface area contributed by atoms with Gasteiger partial charge in [-0.25, -0.2) is 0 Å². The Bertz CT molecular complexity index is 61.3. The van der Waals surface area contributed by atoms with Crippen molar-refractivity contribution in [3.05, 3.63) is 12.3 Å². The van der Waals surface area contributed by atoms with E-state index in [0.717, 1.165) is 6.42 Å². The summed E-state index contributed by atoms with van der Waals surface area (Å²) in [6, 6.07) is 0. The van der Waals surface area contributed by atoms with Crippen LogP contribution in [0.15, 0.2) is 12.3 Å². The Morgan fingerprint density at radius 1 is 1.43 bits per heavy atom. The first-order valence-corrected chi connectivity index (χ1v) is 2.10. The van der Waals surface area contributed by atoms with Gasteiger partial charge in [0.2, 0.25) is 0 Å². The molecule has 7 heavy (non-hydrogen) atoms. The van der Waals surface area contributed by atoms with Crippen LogP contribution in [0.3, 0.4) is 0 Å². The van der Waals surface area contributed by atoms with E-state index in [-0.39, 0.29) is 0 Å². The molecule has 0 saturated heterocycles. The molecule has 0 N–H and O–H groups in total. The van der Waals surface area contributed by atoms with Gasteiger partial charge in [0.05, 0.1) is 6.61 Å². The van der Waals surface area contributed by atoms with Crippen molar-refractivity contribution < 1.29 is 14.8 Å². The first kappa shape index (κ1) is 4.61. The maximum absolute atomic E-state index is 4.41. The van der Waals surface area contributed by atoms with Crippen LogP contribution < -0.4 is 0 Å². The number of hydrogen-bond acceptors (Lipinski definition) is 3. The lowest BCUT2D eigenvalue weighted by Gasteiger charge is -1.90. The summed E-state index contributed by atoms with van der Waals surface area (Å²) in [7, 11) is 0. The average molecular weight is 102 g/mol. The summed E-state index contributed by atoms with van der Waals surface area (Å²) in [4.78, 5) is 8.70. The van der Waals surface area contributed by atoms with Crippen LogP contribution in [-0.4, -0.2) is 6.61 Å². The van der Waals surface area contributed by atoms with Gasteiger partial charge in [-0.2, -0.15) is 4.89 Å². The molecule has 0 radical (unpaired) electrons. The van der Waals surface area contributed by atoms with Crippen LogP contribution in [0.1, 0.15) is 6.42 Å². The van der Waals surface area contributed by atoms with Crippen molar-refractivity contribution in [1.29, 1.82) is 0 Å². The highest BCUT2D eigenvalue weighted by molar-refractivity contribution is 4.71. The zero-order valence-electron chi connectivity index (χ0n) is 3.79. The Balaban J connectivity index is 2.20. The molecule has 0 fully saturated rings. The van der Waals surface area contributed by atoms with Crippen molar-refractivity contribution >= 4 is 0 Å². The van der Waals surface area contributed by atoms with E-state index < -0.39 is 0 Å². The Hall–Kier alpha value is -0.540. The van der Waals surface area contributed by atoms with Crippen LogP contribution >= 0.6 is 0 Å². The third kappa shape index (κ3) is 1.57. The van der Waals surface area contributed by atoms with E-state index in [1.807, 2.05) is 6.08 Å². The molecule has 1 aliphatic heterocycles. The van der Waals surface area contributed by atoms with E-state index in [4.69, 9.17) is 0 Å². The minimum atomic E-state index is 0.566. The monoisotopic (exact) mass is 102 g/mol. The molecule has 0 aliphatic carbocycles. The molecule has 0 atom stereocenters. The van der Waals surface area contributed by atoms with Gasteiger partial charge in [0.1, 0.15) is 6.26 Å². The minimum absolute atomic E-state index is 0.566. The molecular formula is C4H6O3. The van der Waals surface area contributed by atoms with Crippen LogP contribution in [0, 0.1) is 0 Å². The van der Waals surface area contributed by atoms with Crippen molar-refractivity contribution in [2.45, 2.75) is 6.42 Å². The highest BCUT2D eigenvalue weighted by Gasteiger charge is 1.89. The van der Waals surface area contributed by atoms with Gasteiger partial charge in [-0.05, 0) is 17.5 Å². The van der Waals surface area contributed by atoms with Gasteiger partial charge >= 0.3 is 0 Å². The van der Waals surface area contributed by atoms with Crippen molar-refractivity contribution in [1.82, 2.24) is 0 Å². The molecule has 0 aromatic rings. The van der Waals surface area contributed by atoms with Crippen LogP contribution in [0.5, 0.6) is 0 Å². The second-order valence-corrected chi connectivity index (χ2v) is 1.15. The fourth-order valence-electron chi connectivity index (χ4n) is 0.308. The summed E-state index contributed by atoms with van der Waals surface area (Å²) in [5.74, 6) is 0. The predicted octanol–water partition coefficient (Wildman–Crippen LogP) is 0.784. The molecule has 0 spiro atoms. The van der Waals surface area contributed by atoms with E-state index in [2.05, 4.69) is 14.8 Å². The highest BCUT2D eigenvalue weighted by Crippen LogP contribution is 1.93. The molecule has 0 amide bonds. The van der Waals surface area contributed by atoms with Crippen LogP contribution in [0.4, 0.5) is 0 Å². The summed E-state index contributed by atoms with van der Waals surface area (Å²) < 4.78 is 0. The van der Waals surface area contributed by atoms with Crippen molar-refractivity contribution in [2.75, 3.05) is 6.61 Å². The van der Waals surface area contributed by atoms with Gasteiger partial charge in [-0.15, -0.1) is 0 Å². The van der Waals surface area contributed by atoms with Gasteiger partial charge < -0.3 is 4.89 Å². The fraction of sp³-hybridized carbons (Fsp3) is 0.500. The molecule has 0 aromatic heterocycles. The highest BCUT2D eigenvalue weighted by atomic mass is 17.5. The zero-order chi connectivity index (χ0) is 4.95. The maximum Gasteiger partial charge on any atom is 0.128 e. The van der Waals surface area contributed by atoms with Gasteiger partial charge in [-0.1, -0.05) is 0 Å². The SMILES string of the molecule is C1=COOOCC1. The Kier molecular flexibility index (Phi) is 1.72. The normalized spacial score (nSPS) is 20.6. The molecule has 0 bridgehead atoms. The maximum atomic E-state index is 4.41. The Morgan fingerprint density at radius 3 is 3.43 bits per heavy atom. The lowest BCUT2D eigenvalue weighted by molar-refractivity contribution is -0.486. The minimum Gasteiger partial charge on any atom is -0.317 e. The second-order valence-electron chi connectivity index (χ2n) is 1.15. The third-order valence-electron chi connectivity index (χ3n) is 0.607. The zero-order valence-corrected chi connectivity index (χ0v) is 3.79. The molecule has 3 nitrogen and oxygen atoms in total. The van der Waals surface area contributed by atoms with Crippen molar-refractivity contribution in [3.8, 4) is 0 Å². The molecule has 0 unspecified atom stereocenters. The molecule has 3 heteroatoms. The lowest BCUT2D eigenvalue weighted by Crippen LogP contribution is -1.88. The first-order valence-electron chi connectivity index (χ1n) is 2.10. The molecule has 1 aliphatic rings. The second kappa shape index (κ2) is 2.60. The van der Waals surface area contributed by atoms with Crippen molar-refractivity contribution in [3.63, 3.8) is 0 Å². The molecule has 1 heterocycles. The van der Waals surface area contributed by atoms with Crippen LogP contribution in [0.2, 0.25) is 0 Å². The Labute approximate surface area is 41.3 Å². The molecule has 0 aromatic carbocycles. The fourth-order valence-corrected chi connectivity index (χ4v) is 0.308. The predicted molar refractivity (Wildman–Crippen MR) is 21.9 cm³/mol. The molecular weight excluding hydrogens is 96.0 g/mol.